The van der Waals surface area contributed by atoms with Crippen LogP contribution in [0.4, 0.5) is 10.1 Å². The van der Waals surface area contributed by atoms with Gasteiger partial charge >= 0.3 is 0 Å². The highest BCUT2D eigenvalue weighted by molar-refractivity contribution is 6.02. The highest BCUT2D eigenvalue weighted by Crippen LogP contribution is 2.16. The second-order valence-electron chi connectivity index (χ2n) is 6.82. The van der Waals surface area contributed by atoms with Crippen LogP contribution in [0.2, 0.25) is 0 Å². The number of anilines is 1. The average Bonchev–Trinajstić information content (AvgIpc) is 3.51. The standard InChI is InChI=1S/C24H19FN2O5/c25-17-5-9-19(10-6-17)31-15-20-11-12-22(32-20)23(28)26-14-16-3-7-18(8-4-16)27-24(29)21-2-1-13-30-21/h1-13H,14-15H2,(H,26,28)(H,27,29). The van der Waals surface area contributed by atoms with E-state index >= 15 is 0 Å². The van der Waals surface area contributed by atoms with Crippen LogP contribution in [0.3, 0.4) is 0 Å². The molecule has 7 nitrogen and oxygen atoms in total. The molecule has 0 aliphatic carbocycles. The molecule has 0 aliphatic rings. The van der Waals surface area contributed by atoms with E-state index in [1.54, 1.807) is 48.5 Å². The first kappa shape index (κ1) is 20.9. The molecule has 0 spiro atoms. The third-order valence-electron chi connectivity index (χ3n) is 4.49. The largest absolute Gasteiger partial charge is 0.486 e. The summed E-state index contributed by atoms with van der Waals surface area (Å²) in [5.41, 5.74) is 1.46. The highest BCUT2D eigenvalue weighted by Gasteiger charge is 2.12. The van der Waals surface area contributed by atoms with Gasteiger partial charge in [-0.25, -0.2) is 4.39 Å². The Bertz CT molecular complexity index is 1180. The van der Waals surface area contributed by atoms with Crippen molar-refractivity contribution in [2.45, 2.75) is 13.2 Å². The summed E-state index contributed by atoms with van der Waals surface area (Å²) in [6.45, 7) is 0.400. The third-order valence-corrected chi connectivity index (χ3v) is 4.49. The van der Waals surface area contributed by atoms with E-state index in [1.165, 1.54) is 30.5 Å². The van der Waals surface area contributed by atoms with Crippen LogP contribution in [-0.4, -0.2) is 11.8 Å². The average molecular weight is 434 g/mol. The molecule has 2 amide bonds. The van der Waals surface area contributed by atoms with Gasteiger partial charge < -0.3 is 24.2 Å². The maximum absolute atomic E-state index is 12.9. The van der Waals surface area contributed by atoms with Gasteiger partial charge in [-0.1, -0.05) is 12.1 Å². The fraction of sp³-hybridized carbons (Fsp3) is 0.0833. The lowest BCUT2D eigenvalue weighted by molar-refractivity contribution is 0.0918. The number of ether oxygens (including phenoxy) is 1. The molecule has 0 atom stereocenters. The Morgan fingerprint density at radius 1 is 0.875 bits per heavy atom. The molecule has 2 N–H and O–H groups in total. The first-order valence-corrected chi connectivity index (χ1v) is 9.76. The predicted octanol–water partition coefficient (Wildman–Crippen LogP) is 4.77. The Balaban J connectivity index is 1.25. The van der Waals surface area contributed by atoms with Gasteiger partial charge in [0.05, 0.1) is 6.26 Å². The molecule has 2 aromatic carbocycles. The Morgan fingerprint density at radius 3 is 2.38 bits per heavy atom. The van der Waals surface area contributed by atoms with Crippen molar-refractivity contribution in [2.75, 3.05) is 5.32 Å². The summed E-state index contributed by atoms with van der Waals surface area (Å²) in [4.78, 5) is 24.3. The summed E-state index contributed by atoms with van der Waals surface area (Å²) in [6.07, 6.45) is 1.43. The van der Waals surface area contributed by atoms with Crippen LogP contribution in [0.25, 0.3) is 0 Å². The van der Waals surface area contributed by atoms with E-state index in [2.05, 4.69) is 10.6 Å². The number of nitrogens with one attached hydrogen (secondary N) is 2. The summed E-state index contributed by atoms with van der Waals surface area (Å²) in [5.74, 6) is 0.296. The molecule has 0 saturated carbocycles. The number of halogens is 1. The minimum Gasteiger partial charge on any atom is -0.486 e. The zero-order valence-electron chi connectivity index (χ0n) is 16.8. The zero-order valence-corrected chi connectivity index (χ0v) is 16.8. The van der Waals surface area contributed by atoms with Crippen LogP contribution in [0, 0.1) is 5.82 Å². The van der Waals surface area contributed by atoms with Gasteiger partial charge in [-0.2, -0.15) is 0 Å². The molecule has 2 aromatic heterocycles. The molecule has 0 bridgehead atoms. The molecule has 0 fully saturated rings. The topological polar surface area (TPSA) is 93.7 Å². The number of hydrogen-bond acceptors (Lipinski definition) is 5. The molecule has 0 unspecified atom stereocenters. The maximum Gasteiger partial charge on any atom is 0.291 e. The van der Waals surface area contributed by atoms with E-state index in [9.17, 15) is 14.0 Å². The SMILES string of the molecule is O=C(Nc1ccc(CNC(=O)c2ccc(COc3ccc(F)cc3)o2)cc1)c1ccco1. The monoisotopic (exact) mass is 434 g/mol. The highest BCUT2D eigenvalue weighted by atomic mass is 19.1. The Labute approximate surface area is 182 Å². The molecule has 0 saturated heterocycles. The number of rotatable bonds is 8. The minimum atomic E-state index is -0.367. The first-order chi connectivity index (χ1) is 15.6. The number of furan rings is 2. The number of benzene rings is 2. The van der Waals surface area contributed by atoms with Crippen LogP contribution in [-0.2, 0) is 13.2 Å². The summed E-state index contributed by atoms with van der Waals surface area (Å²) < 4.78 is 29.0. The van der Waals surface area contributed by atoms with Gasteiger partial charge in [-0.15, -0.1) is 0 Å². The number of amides is 2. The number of carbonyl (C=O) groups is 2. The molecule has 0 aliphatic heterocycles. The molecule has 4 aromatic rings. The summed E-state index contributed by atoms with van der Waals surface area (Å²) >= 11 is 0. The van der Waals surface area contributed by atoms with Gasteiger partial charge in [0.1, 0.15) is 23.9 Å². The van der Waals surface area contributed by atoms with Crippen LogP contribution < -0.4 is 15.4 Å². The molecular formula is C24H19FN2O5. The number of hydrogen-bond donors (Lipinski definition) is 2. The number of carbonyl (C=O) groups excluding carboxylic acids is 2. The predicted molar refractivity (Wildman–Crippen MR) is 114 cm³/mol. The van der Waals surface area contributed by atoms with E-state index in [0.29, 0.717) is 17.2 Å². The van der Waals surface area contributed by atoms with E-state index in [4.69, 9.17) is 13.6 Å². The van der Waals surface area contributed by atoms with Crippen molar-refractivity contribution >= 4 is 17.5 Å². The second kappa shape index (κ2) is 9.65. The molecule has 162 valence electrons. The lowest BCUT2D eigenvalue weighted by Gasteiger charge is -2.07. The molecule has 32 heavy (non-hydrogen) atoms. The maximum atomic E-state index is 12.9. The minimum absolute atomic E-state index is 0.115. The van der Waals surface area contributed by atoms with Gasteiger partial charge in [-0.3, -0.25) is 9.59 Å². The quantitative estimate of drug-likeness (QED) is 0.417. The van der Waals surface area contributed by atoms with Crippen molar-refractivity contribution in [1.29, 1.82) is 0 Å². The van der Waals surface area contributed by atoms with E-state index in [1.807, 2.05) is 0 Å². The Hall–Kier alpha value is -4.33. The molecule has 4 rings (SSSR count). The van der Waals surface area contributed by atoms with Crippen LogP contribution in [0.5, 0.6) is 5.75 Å². The first-order valence-electron chi connectivity index (χ1n) is 9.76. The Morgan fingerprint density at radius 2 is 1.66 bits per heavy atom. The van der Waals surface area contributed by atoms with Gasteiger partial charge in [0, 0.05) is 12.2 Å². The van der Waals surface area contributed by atoms with Crippen LogP contribution >= 0.6 is 0 Å². The third kappa shape index (κ3) is 5.42. The van der Waals surface area contributed by atoms with Gasteiger partial charge in [0.15, 0.2) is 11.5 Å². The van der Waals surface area contributed by atoms with Crippen molar-refractivity contribution in [1.82, 2.24) is 5.32 Å². The van der Waals surface area contributed by atoms with Crippen molar-refractivity contribution < 1.29 is 27.6 Å². The van der Waals surface area contributed by atoms with Crippen molar-refractivity contribution in [3.05, 3.63) is 108 Å². The normalized spacial score (nSPS) is 10.5. The molecule has 0 radical (unpaired) electrons. The fourth-order valence-electron chi connectivity index (χ4n) is 2.84. The van der Waals surface area contributed by atoms with E-state index in [0.717, 1.165) is 5.56 Å². The van der Waals surface area contributed by atoms with Gasteiger partial charge in [0.2, 0.25) is 0 Å². The van der Waals surface area contributed by atoms with Gasteiger partial charge in [0.25, 0.3) is 11.8 Å². The molecular weight excluding hydrogens is 415 g/mol. The van der Waals surface area contributed by atoms with Crippen LogP contribution in [0.1, 0.15) is 32.4 Å². The second-order valence-corrected chi connectivity index (χ2v) is 6.82. The fourth-order valence-corrected chi connectivity index (χ4v) is 2.84. The molecule has 2 heterocycles. The van der Waals surface area contributed by atoms with Crippen molar-refractivity contribution in [2.24, 2.45) is 0 Å². The molecule has 8 heteroatoms. The van der Waals surface area contributed by atoms with E-state index in [-0.39, 0.29) is 42.3 Å². The van der Waals surface area contributed by atoms with Crippen LogP contribution in [0.15, 0.2) is 87.9 Å². The van der Waals surface area contributed by atoms with Gasteiger partial charge in [-0.05, 0) is 66.2 Å². The summed E-state index contributed by atoms with van der Waals surface area (Å²) in [5, 5.41) is 5.50. The summed E-state index contributed by atoms with van der Waals surface area (Å²) in [6, 6.07) is 19.1. The lowest BCUT2D eigenvalue weighted by atomic mass is 10.2. The summed E-state index contributed by atoms with van der Waals surface area (Å²) in [7, 11) is 0. The van der Waals surface area contributed by atoms with Crippen molar-refractivity contribution in [3.8, 4) is 5.75 Å². The Kier molecular flexibility index (Phi) is 6.31. The lowest BCUT2D eigenvalue weighted by Crippen LogP contribution is -2.22. The smallest absolute Gasteiger partial charge is 0.291 e. The van der Waals surface area contributed by atoms with E-state index < -0.39 is 0 Å². The zero-order chi connectivity index (χ0) is 22.3. The van der Waals surface area contributed by atoms with Crippen molar-refractivity contribution in [3.63, 3.8) is 0 Å².